The Bertz CT molecular complexity index is 496. The molecule has 0 unspecified atom stereocenters. The number of ether oxygens (including phenoxy) is 1. The lowest BCUT2D eigenvalue weighted by Gasteiger charge is -2.43. The Hall–Kier alpha value is -1.55. The van der Waals surface area contributed by atoms with E-state index < -0.39 is 0 Å². The van der Waals surface area contributed by atoms with Crippen LogP contribution in [0.3, 0.4) is 0 Å². The van der Waals surface area contributed by atoms with Gasteiger partial charge in [0.25, 0.3) is 0 Å². The first-order valence-corrected chi connectivity index (χ1v) is 8.16. The first-order valence-electron chi connectivity index (χ1n) is 8.16. The number of hydrogen-bond acceptors (Lipinski definition) is 4. The second-order valence-electron chi connectivity index (χ2n) is 7.05. The van der Waals surface area contributed by atoms with Crippen molar-refractivity contribution in [1.29, 1.82) is 0 Å². The second-order valence-corrected chi connectivity index (χ2v) is 7.05. The van der Waals surface area contributed by atoms with Crippen molar-refractivity contribution in [3.63, 3.8) is 0 Å². The maximum Gasteiger partial charge on any atom is 0.338 e. The third kappa shape index (κ3) is 4.23. The van der Waals surface area contributed by atoms with Crippen LogP contribution in [-0.4, -0.2) is 25.2 Å². The van der Waals surface area contributed by atoms with Crippen LogP contribution in [0, 0.1) is 11.3 Å². The summed E-state index contributed by atoms with van der Waals surface area (Å²) >= 11 is 0. The summed E-state index contributed by atoms with van der Waals surface area (Å²) in [6.45, 7) is 8.03. The molecule has 1 aliphatic rings. The van der Waals surface area contributed by atoms with Crippen LogP contribution in [0.25, 0.3) is 0 Å². The van der Waals surface area contributed by atoms with Crippen LogP contribution >= 0.6 is 0 Å². The number of carbonyl (C=O) groups excluding carboxylic acids is 1. The molecule has 1 fully saturated rings. The molecule has 122 valence electrons. The molecule has 0 radical (unpaired) electrons. The number of nitrogen functional groups attached to an aromatic ring is 1. The summed E-state index contributed by atoms with van der Waals surface area (Å²) in [5.74, 6) is 0.370. The zero-order valence-electron chi connectivity index (χ0n) is 13.9. The Morgan fingerprint density at radius 3 is 2.68 bits per heavy atom. The van der Waals surface area contributed by atoms with Gasteiger partial charge in [-0.3, -0.25) is 0 Å². The largest absolute Gasteiger partial charge is 0.461 e. The first kappa shape index (κ1) is 16.8. The maximum absolute atomic E-state index is 11.9. The summed E-state index contributed by atoms with van der Waals surface area (Å²) in [5, 5.41) is 3.58. The molecule has 1 saturated carbocycles. The summed E-state index contributed by atoms with van der Waals surface area (Å²) in [5.41, 5.74) is 7.10. The van der Waals surface area contributed by atoms with Crippen LogP contribution in [0.5, 0.6) is 0 Å². The summed E-state index contributed by atoms with van der Waals surface area (Å²) in [6, 6.07) is 7.29. The SMILES string of the molecule is C[C@@H]1CCCC(C)(C)[C@H]1NCCOC(=O)c1ccc(N)cc1. The van der Waals surface area contributed by atoms with Crippen molar-refractivity contribution in [2.24, 2.45) is 11.3 Å². The Kier molecular flexibility index (Phi) is 5.46. The Balaban J connectivity index is 1.76. The molecule has 22 heavy (non-hydrogen) atoms. The lowest BCUT2D eigenvalue weighted by Crippen LogP contribution is -2.49. The van der Waals surface area contributed by atoms with Crippen LogP contribution in [0.15, 0.2) is 24.3 Å². The van der Waals surface area contributed by atoms with Gasteiger partial charge >= 0.3 is 5.97 Å². The number of nitrogens with one attached hydrogen (secondary N) is 1. The van der Waals surface area contributed by atoms with Crippen LogP contribution in [0.4, 0.5) is 5.69 Å². The van der Waals surface area contributed by atoms with Crippen molar-refractivity contribution in [2.75, 3.05) is 18.9 Å². The molecule has 1 aliphatic carbocycles. The van der Waals surface area contributed by atoms with Crippen LogP contribution in [-0.2, 0) is 4.74 Å². The van der Waals surface area contributed by atoms with Gasteiger partial charge in [0.05, 0.1) is 5.56 Å². The first-order chi connectivity index (χ1) is 10.4. The van der Waals surface area contributed by atoms with Gasteiger partial charge in [0.15, 0.2) is 0 Å². The van der Waals surface area contributed by atoms with E-state index in [2.05, 4.69) is 26.1 Å². The van der Waals surface area contributed by atoms with Gasteiger partial charge in [0, 0.05) is 18.3 Å². The minimum Gasteiger partial charge on any atom is -0.461 e. The predicted octanol–water partition coefficient (Wildman–Crippen LogP) is 3.23. The lowest BCUT2D eigenvalue weighted by molar-refractivity contribution is 0.0482. The smallest absolute Gasteiger partial charge is 0.338 e. The highest BCUT2D eigenvalue weighted by Gasteiger charge is 2.36. The van der Waals surface area contributed by atoms with E-state index in [4.69, 9.17) is 10.5 Å². The van der Waals surface area contributed by atoms with Crippen molar-refractivity contribution < 1.29 is 9.53 Å². The molecule has 3 N–H and O–H groups in total. The Morgan fingerprint density at radius 2 is 2.05 bits per heavy atom. The Morgan fingerprint density at radius 1 is 1.36 bits per heavy atom. The predicted molar refractivity (Wildman–Crippen MR) is 89.7 cm³/mol. The third-order valence-electron chi connectivity index (χ3n) is 4.74. The van der Waals surface area contributed by atoms with Crippen molar-refractivity contribution in [2.45, 2.75) is 46.1 Å². The van der Waals surface area contributed by atoms with Gasteiger partial charge in [0.1, 0.15) is 6.61 Å². The maximum atomic E-state index is 11.9. The van der Waals surface area contributed by atoms with Crippen molar-refractivity contribution >= 4 is 11.7 Å². The number of anilines is 1. The van der Waals surface area contributed by atoms with E-state index >= 15 is 0 Å². The van der Waals surface area contributed by atoms with Crippen LogP contribution in [0.2, 0.25) is 0 Å². The molecule has 0 amide bonds. The molecule has 4 heteroatoms. The Labute approximate surface area is 133 Å². The molecule has 1 aromatic rings. The molecule has 0 saturated heterocycles. The lowest BCUT2D eigenvalue weighted by atomic mass is 9.68. The second kappa shape index (κ2) is 7.14. The molecular weight excluding hydrogens is 276 g/mol. The summed E-state index contributed by atoms with van der Waals surface area (Å²) in [4.78, 5) is 11.9. The zero-order valence-corrected chi connectivity index (χ0v) is 13.9. The minimum absolute atomic E-state index is 0.294. The van der Waals surface area contributed by atoms with E-state index in [0.717, 1.165) is 0 Å². The molecule has 0 aromatic heterocycles. The van der Waals surface area contributed by atoms with E-state index in [1.807, 2.05) is 0 Å². The topological polar surface area (TPSA) is 64.3 Å². The fourth-order valence-corrected chi connectivity index (χ4v) is 3.51. The van der Waals surface area contributed by atoms with Crippen LogP contribution in [0.1, 0.15) is 50.4 Å². The molecule has 0 aliphatic heterocycles. The van der Waals surface area contributed by atoms with E-state index in [0.29, 0.717) is 41.8 Å². The van der Waals surface area contributed by atoms with E-state index in [1.165, 1.54) is 19.3 Å². The van der Waals surface area contributed by atoms with E-state index in [-0.39, 0.29) is 5.97 Å². The number of benzene rings is 1. The standard InChI is InChI=1S/C18H28N2O2/c1-13-5-4-10-18(2,3)16(13)20-11-12-22-17(21)14-6-8-15(19)9-7-14/h6-9,13,16,20H,4-5,10-12,19H2,1-3H3/t13-,16+/m1/s1. The third-order valence-corrected chi connectivity index (χ3v) is 4.74. The molecule has 0 bridgehead atoms. The summed E-state index contributed by atoms with van der Waals surface area (Å²) in [6.07, 6.45) is 3.82. The van der Waals surface area contributed by atoms with Gasteiger partial charge in [-0.1, -0.05) is 27.2 Å². The minimum atomic E-state index is -0.294. The van der Waals surface area contributed by atoms with E-state index in [1.54, 1.807) is 24.3 Å². The van der Waals surface area contributed by atoms with Gasteiger partial charge < -0.3 is 15.8 Å². The summed E-state index contributed by atoms with van der Waals surface area (Å²) in [7, 11) is 0. The van der Waals surface area contributed by atoms with Gasteiger partial charge in [-0.2, -0.15) is 0 Å². The molecule has 2 rings (SSSR count). The molecule has 2 atom stereocenters. The average Bonchev–Trinajstić information content (AvgIpc) is 2.46. The highest BCUT2D eigenvalue weighted by Crippen LogP contribution is 2.38. The van der Waals surface area contributed by atoms with Gasteiger partial charge in [-0.25, -0.2) is 4.79 Å². The molecule has 1 aromatic carbocycles. The fourth-order valence-electron chi connectivity index (χ4n) is 3.51. The number of carbonyl (C=O) groups is 1. The number of esters is 1. The monoisotopic (exact) mass is 304 g/mol. The summed E-state index contributed by atoms with van der Waals surface area (Å²) < 4.78 is 5.32. The van der Waals surface area contributed by atoms with E-state index in [9.17, 15) is 4.79 Å². The molecule has 0 spiro atoms. The fraction of sp³-hybridized carbons (Fsp3) is 0.611. The highest BCUT2D eigenvalue weighted by atomic mass is 16.5. The van der Waals surface area contributed by atoms with Gasteiger partial charge in [-0.15, -0.1) is 0 Å². The highest BCUT2D eigenvalue weighted by molar-refractivity contribution is 5.89. The zero-order chi connectivity index (χ0) is 16.2. The normalized spacial score (nSPS) is 24.0. The number of rotatable bonds is 5. The van der Waals surface area contributed by atoms with Gasteiger partial charge in [-0.05, 0) is 48.4 Å². The quantitative estimate of drug-likeness (QED) is 0.498. The van der Waals surface area contributed by atoms with Crippen molar-refractivity contribution in [3.05, 3.63) is 29.8 Å². The average molecular weight is 304 g/mol. The number of nitrogens with two attached hydrogens (primary N) is 1. The van der Waals surface area contributed by atoms with Crippen LogP contribution < -0.4 is 11.1 Å². The van der Waals surface area contributed by atoms with Gasteiger partial charge in [0.2, 0.25) is 0 Å². The molecule has 0 heterocycles. The van der Waals surface area contributed by atoms with Crippen molar-refractivity contribution in [3.8, 4) is 0 Å². The van der Waals surface area contributed by atoms with Crippen molar-refractivity contribution in [1.82, 2.24) is 5.32 Å². The molecule has 4 nitrogen and oxygen atoms in total. The molecular formula is C18H28N2O2. The number of hydrogen-bond donors (Lipinski definition) is 2.